The number of rotatable bonds is 6. The number of alkyl carbamates (subject to hydrolysis) is 1. The molecule has 9 heteroatoms. The van der Waals surface area contributed by atoms with Crippen LogP contribution < -0.4 is 5.32 Å². The van der Waals surface area contributed by atoms with Gasteiger partial charge in [0.25, 0.3) is 0 Å². The molecule has 0 aromatic heterocycles. The van der Waals surface area contributed by atoms with Gasteiger partial charge in [0.2, 0.25) is 5.91 Å². The van der Waals surface area contributed by atoms with Gasteiger partial charge < -0.3 is 14.9 Å². The van der Waals surface area contributed by atoms with E-state index in [0.29, 0.717) is 0 Å². The first-order valence-electron chi connectivity index (χ1n) is 4.39. The molecule has 0 radical (unpaired) electrons. The van der Waals surface area contributed by atoms with Crippen molar-refractivity contribution in [2.75, 3.05) is 26.7 Å². The lowest BCUT2D eigenvalue weighted by atomic mass is 10.4. The first-order valence-corrected chi connectivity index (χ1v) is 4.39. The fourth-order valence-corrected chi connectivity index (χ4v) is 0.958. The summed E-state index contributed by atoms with van der Waals surface area (Å²) in [5.74, 6) is -3.41. The second-order valence-corrected chi connectivity index (χ2v) is 2.97. The van der Waals surface area contributed by atoms with Crippen molar-refractivity contribution in [1.82, 2.24) is 10.2 Å². The van der Waals surface area contributed by atoms with Gasteiger partial charge in [-0.05, 0) is 0 Å². The monoisotopic (exact) mass is 248 g/mol. The van der Waals surface area contributed by atoms with E-state index in [2.05, 4.69) is 4.74 Å². The Bertz CT molecular complexity index is 312. The van der Waals surface area contributed by atoms with Crippen molar-refractivity contribution in [2.24, 2.45) is 0 Å². The number of carbonyl (C=O) groups is 4. The number of nitrogens with zero attached hydrogens (tertiary/aromatic N) is 1. The molecule has 0 atom stereocenters. The Morgan fingerprint density at radius 3 is 1.88 bits per heavy atom. The predicted octanol–water partition coefficient (Wildman–Crippen LogP) is -1.66. The minimum Gasteiger partial charge on any atom is -0.480 e. The standard InChI is InChI=1S/C8H12N2O7/c1-17-8(16)9-5(11)2-10(3-6(12)13)4-7(14)15/h2-4H2,1H3,(H,12,13)(H,14,15)(H,9,11,16). The zero-order valence-corrected chi connectivity index (χ0v) is 9.00. The first-order chi connectivity index (χ1) is 7.85. The minimum atomic E-state index is -1.28. The molecule has 0 aromatic carbocycles. The van der Waals surface area contributed by atoms with Crippen molar-refractivity contribution < 1.29 is 34.1 Å². The Labute approximate surface area is 96.0 Å². The molecule has 0 saturated heterocycles. The van der Waals surface area contributed by atoms with Crippen molar-refractivity contribution in [3.05, 3.63) is 0 Å². The summed E-state index contributed by atoms with van der Waals surface area (Å²) in [4.78, 5) is 43.4. The summed E-state index contributed by atoms with van der Waals surface area (Å²) < 4.78 is 4.14. The zero-order chi connectivity index (χ0) is 13.4. The lowest BCUT2D eigenvalue weighted by Crippen LogP contribution is -2.43. The highest BCUT2D eigenvalue weighted by atomic mass is 16.5. The molecule has 3 N–H and O–H groups in total. The van der Waals surface area contributed by atoms with Crippen LogP contribution in [0.3, 0.4) is 0 Å². The molecule has 0 bridgehead atoms. The molecule has 0 aliphatic heterocycles. The van der Waals surface area contributed by atoms with Gasteiger partial charge in [-0.3, -0.25) is 24.6 Å². The molecule has 0 saturated carbocycles. The van der Waals surface area contributed by atoms with Crippen LogP contribution in [-0.4, -0.2) is 65.8 Å². The third-order valence-electron chi connectivity index (χ3n) is 1.51. The van der Waals surface area contributed by atoms with E-state index in [1.165, 1.54) is 0 Å². The molecule has 0 fully saturated rings. The number of carboxylic acids is 2. The average molecular weight is 248 g/mol. The van der Waals surface area contributed by atoms with Gasteiger partial charge in [0.15, 0.2) is 0 Å². The van der Waals surface area contributed by atoms with Crippen LogP contribution in [0, 0.1) is 0 Å². The summed E-state index contributed by atoms with van der Waals surface area (Å²) in [6, 6.07) is 0. The molecule has 17 heavy (non-hydrogen) atoms. The van der Waals surface area contributed by atoms with Crippen LogP contribution in [0.1, 0.15) is 0 Å². The van der Waals surface area contributed by atoms with E-state index in [9.17, 15) is 19.2 Å². The van der Waals surface area contributed by atoms with Crippen LogP contribution in [-0.2, 0) is 19.1 Å². The Kier molecular flexibility index (Phi) is 6.26. The lowest BCUT2D eigenvalue weighted by Gasteiger charge is -2.16. The highest BCUT2D eigenvalue weighted by Gasteiger charge is 2.18. The van der Waals surface area contributed by atoms with Crippen LogP contribution in [0.2, 0.25) is 0 Å². The fraction of sp³-hybridized carbons (Fsp3) is 0.500. The quantitative estimate of drug-likeness (QED) is 0.508. The van der Waals surface area contributed by atoms with E-state index in [0.717, 1.165) is 12.0 Å². The second kappa shape index (κ2) is 7.17. The summed E-state index contributed by atoms with van der Waals surface area (Å²) in [6.07, 6.45) is -0.999. The number of aliphatic carboxylic acids is 2. The smallest absolute Gasteiger partial charge is 0.413 e. The van der Waals surface area contributed by atoms with Gasteiger partial charge in [-0.2, -0.15) is 0 Å². The Balaban J connectivity index is 4.31. The number of nitrogens with one attached hydrogen (secondary N) is 1. The summed E-state index contributed by atoms with van der Waals surface area (Å²) in [7, 11) is 1.05. The number of hydrogen-bond acceptors (Lipinski definition) is 6. The van der Waals surface area contributed by atoms with Crippen LogP contribution in [0.25, 0.3) is 0 Å². The average Bonchev–Trinajstić information content (AvgIpc) is 2.14. The predicted molar refractivity (Wildman–Crippen MR) is 52.3 cm³/mol. The minimum absolute atomic E-state index is 0.534. The Morgan fingerprint density at radius 2 is 1.53 bits per heavy atom. The molecule has 0 rings (SSSR count). The molecule has 96 valence electrons. The Hall–Kier alpha value is -2.16. The second-order valence-electron chi connectivity index (χ2n) is 2.97. The number of carbonyl (C=O) groups excluding carboxylic acids is 2. The lowest BCUT2D eigenvalue weighted by molar-refractivity contribution is -0.142. The van der Waals surface area contributed by atoms with Gasteiger partial charge >= 0.3 is 18.0 Å². The largest absolute Gasteiger partial charge is 0.480 e. The summed E-state index contributed by atoms with van der Waals surface area (Å²) in [5.41, 5.74) is 0. The van der Waals surface area contributed by atoms with Crippen molar-refractivity contribution in [3.63, 3.8) is 0 Å². The SMILES string of the molecule is COC(=O)NC(=O)CN(CC(=O)O)CC(=O)O. The van der Waals surface area contributed by atoms with Crippen molar-refractivity contribution >= 4 is 23.9 Å². The van der Waals surface area contributed by atoms with E-state index in [1.54, 1.807) is 5.32 Å². The van der Waals surface area contributed by atoms with Crippen LogP contribution >= 0.6 is 0 Å². The van der Waals surface area contributed by atoms with E-state index in [1.807, 2.05) is 0 Å². The number of amides is 2. The highest BCUT2D eigenvalue weighted by molar-refractivity contribution is 5.93. The molecular weight excluding hydrogens is 236 g/mol. The summed E-state index contributed by atoms with van der Waals surface area (Å²) in [5, 5.41) is 18.7. The third-order valence-corrected chi connectivity index (χ3v) is 1.51. The normalized spacial score (nSPS) is 9.76. The Morgan fingerprint density at radius 1 is 1.06 bits per heavy atom. The van der Waals surface area contributed by atoms with Crippen LogP contribution in [0.4, 0.5) is 4.79 Å². The number of imide groups is 1. The molecule has 0 spiro atoms. The number of methoxy groups -OCH3 is 1. The third kappa shape index (κ3) is 7.73. The maximum atomic E-state index is 11.1. The van der Waals surface area contributed by atoms with E-state index < -0.39 is 43.6 Å². The van der Waals surface area contributed by atoms with Crippen molar-refractivity contribution in [1.29, 1.82) is 0 Å². The van der Waals surface area contributed by atoms with E-state index in [-0.39, 0.29) is 0 Å². The van der Waals surface area contributed by atoms with Crippen LogP contribution in [0.15, 0.2) is 0 Å². The van der Waals surface area contributed by atoms with Gasteiger partial charge in [-0.25, -0.2) is 4.79 Å². The molecule has 0 aliphatic rings. The molecule has 0 aromatic rings. The van der Waals surface area contributed by atoms with Gasteiger partial charge in [0.1, 0.15) is 0 Å². The maximum absolute atomic E-state index is 11.1. The van der Waals surface area contributed by atoms with Gasteiger partial charge in [0.05, 0.1) is 26.7 Å². The fourth-order valence-electron chi connectivity index (χ4n) is 0.958. The first kappa shape index (κ1) is 14.8. The maximum Gasteiger partial charge on any atom is 0.413 e. The van der Waals surface area contributed by atoms with Gasteiger partial charge in [-0.15, -0.1) is 0 Å². The van der Waals surface area contributed by atoms with Crippen LogP contribution in [0.5, 0.6) is 0 Å². The highest BCUT2D eigenvalue weighted by Crippen LogP contribution is 1.89. The molecule has 2 amide bonds. The zero-order valence-electron chi connectivity index (χ0n) is 9.00. The molecule has 0 aliphatic carbocycles. The molecule has 9 nitrogen and oxygen atoms in total. The summed E-state index contributed by atoms with van der Waals surface area (Å²) in [6.45, 7) is -1.78. The van der Waals surface area contributed by atoms with Gasteiger partial charge in [-0.1, -0.05) is 0 Å². The molecule has 0 heterocycles. The number of hydrogen-bond donors (Lipinski definition) is 3. The molecule has 0 unspecified atom stereocenters. The van der Waals surface area contributed by atoms with E-state index >= 15 is 0 Å². The number of carboxylic acid groups (broad SMARTS) is 2. The van der Waals surface area contributed by atoms with Crippen molar-refractivity contribution in [3.8, 4) is 0 Å². The van der Waals surface area contributed by atoms with Gasteiger partial charge in [0, 0.05) is 0 Å². The van der Waals surface area contributed by atoms with Crippen molar-refractivity contribution in [2.45, 2.75) is 0 Å². The summed E-state index contributed by atoms with van der Waals surface area (Å²) >= 11 is 0. The topological polar surface area (TPSA) is 133 Å². The number of ether oxygens (including phenoxy) is 1. The van der Waals surface area contributed by atoms with E-state index in [4.69, 9.17) is 10.2 Å². The molecular formula is C8H12N2O7.